The van der Waals surface area contributed by atoms with E-state index in [0.29, 0.717) is 29.0 Å². The van der Waals surface area contributed by atoms with E-state index in [1.165, 1.54) is 6.92 Å². The molecule has 0 saturated carbocycles. The molecule has 3 aromatic rings. The van der Waals surface area contributed by atoms with E-state index in [1.807, 2.05) is 36.4 Å². The van der Waals surface area contributed by atoms with Crippen LogP contribution in [0.3, 0.4) is 0 Å². The lowest BCUT2D eigenvalue weighted by Gasteiger charge is -2.21. The minimum absolute atomic E-state index is 0.128. The first-order valence-corrected chi connectivity index (χ1v) is 10.0. The number of carbonyl (C=O) groups excluding carboxylic acids is 2. The average Bonchev–Trinajstić information content (AvgIpc) is 2.81. The van der Waals surface area contributed by atoms with Gasteiger partial charge in [0.25, 0.3) is 0 Å². The van der Waals surface area contributed by atoms with E-state index in [1.54, 1.807) is 47.9 Å². The van der Waals surface area contributed by atoms with Crippen LogP contribution in [0.2, 0.25) is 0 Å². The van der Waals surface area contributed by atoms with Crippen molar-refractivity contribution in [1.29, 1.82) is 5.41 Å². The molecule has 0 aliphatic carbocycles. The molecule has 0 heterocycles. The molecule has 0 radical (unpaired) electrons. The van der Waals surface area contributed by atoms with Crippen molar-refractivity contribution in [3.63, 3.8) is 0 Å². The van der Waals surface area contributed by atoms with E-state index in [9.17, 15) is 9.59 Å². The maximum atomic E-state index is 13.1. The van der Waals surface area contributed by atoms with E-state index in [-0.39, 0.29) is 17.6 Å². The van der Waals surface area contributed by atoms with Crippen LogP contribution < -0.4 is 21.4 Å². The van der Waals surface area contributed by atoms with Crippen LogP contribution in [0.15, 0.2) is 78.9 Å². The summed E-state index contributed by atoms with van der Waals surface area (Å²) in [7, 11) is 0. The lowest BCUT2D eigenvalue weighted by molar-refractivity contribution is -0.122. The molecule has 164 valence electrons. The first-order chi connectivity index (χ1) is 15.5. The third-order valence-electron chi connectivity index (χ3n) is 4.71. The maximum Gasteiger partial charge on any atom is 0.247 e. The van der Waals surface area contributed by atoms with Crippen LogP contribution in [-0.4, -0.2) is 22.9 Å². The number of carbonyl (C=O) groups is 2. The van der Waals surface area contributed by atoms with Gasteiger partial charge in [-0.05, 0) is 47.5 Å². The molecule has 0 aromatic heterocycles. The molecule has 6 N–H and O–H groups in total. The predicted molar refractivity (Wildman–Crippen MR) is 124 cm³/mol. The Morgan fingerprint density at radius 2 is 1.66 bits per heavy atom. The fourth-order valence-electron chi connectivity index (χ4n) is 3.15. The van der Waals surface area contributed by atoms with Gasteiger partial charge in [0.05, 0.1) is 0 Å². The number of hydrogen-bond donors (Lipinski definition) is 6. The van der Waals surface area contributed by atoms with Crippen molar-refractivity contribution in [2.45, 2.75) is 19.5 Å². The summed E-state index contributed by atoms with van der Waals surface area (Å²) in [5.41, 5.74) is 5.20. The Bertz CT molecular complexity index is 1080. The molecular formula is C24H25N5O3. The Hall–Kier alpha value is -4.17. The number of rotatable bonds is 8. The molecule has 3 rings (SSSR count). The summed E-state index contributed by atoms with van der Waals surface area (Å²) in [5.74, 6) is -0.560. The highest BCUT2D eigenvalue weighted by molar-refractivity contribution is 5.96. The van der Waals surface area contributed by atoms with Gasteiger partial charge in [0.15, 0.2) is 0 Å². The summed E-state index contributed by atoms with van der Waals surface area (Å²) < 4.78 is 0. The Labute approximate surface area is 186 Å². The fraction of sp³-hybridized carbons (Fsp3) is 0.125. The van der Waals surface area contributed by atoms with Crippen LogP contribution in [0, 0.1) is 5.41 Å². The number of amides is 2. The van der Waals surface area contributed by atoms with Crippen LogP contribution >= 0.6 is 0 Å². The summed E-state index contributed by atoms with van der Waals surface area (Å²) in [6, 6.07) is 22.7. The lowest BCUT2D eigenvalue weighted by atomic mass is 10.0. The van der Waals surface area contributed by atoms with Gasteiger partial charge in [-0.2, -0.15) is 0 Å². The smallest absolute Gasteiger partial charge is 0.247 e. The van der Waals surface area contributed by atoms with Crippen LogP contribution in [0.25, 0.3) is 0 Å². The number of hydroxylamine groups is 1. The van der Waals surface area contributed by atoms with Gasteiger partial charge in [-0.15, -0.1) is 0 Å². The highest BCUT2D eigenvalue weighted by Crippen LogP contribution is 2.23. The van der Waals surface area contributed by atoms with Crippen LogP contribution in [-0.2, 0) is 16.1 Å². The van der Waals surface area contributed by atoms with Crippen molar-refractivity contribution in [1.82, 2.24) is 10.8 Å². The molecule has 32 heavy (non-hydrogen) atoms. The number of nitrogens with one attached hydrogen (secondary N) is 5. The average molecular weight is 431 g/mol. The molecule has 0 aliphatic rings. The number of amidine groups is 1. The monoisotopic (exact) mass is 431 g/mol. The largest absolute Gasteiger partial charge is 0.370 e. The lowest BCUT2D eigenvalue weighted by Crippen LogP contribution is -2.33. The number of hydrogen-bond acceptors (Lipinski definition) is 5. The van der Waals surface area contributed by atoms with Crippen molar-refractivity contribution in [3.05, 3.63) is 95.6 Å². The molecule has 0 bridgehead atoms. The van der Waals surface area contributed by atoms with Crippen molar-refractivity contribution in [2.75, 3.05) is 10.6 Å². The Balaban J connectivity index is 1.84. The van der Waals surface area contributed by atoms with Gasteiger partial charge in [0.2, 0.25) is 11.8 Å². The number of benzene rings is 3. The maximum absolute atomic E-state index is 13.1. The van der Waals surface area contributed by atoms with E-state index >= 15 is 0 Å². The fourth-order valence-corrected chi connectivity index (χ4v) is 3.15. The van der Waals surface area contributed by atoms with Gasteiger partial charge in [-0.25, -0.2) is 0 Å². The molecular weight excluding hydrogens is 406 g/mol. The van der Waals surface area contributed by atoms with Gasteiger partial charge < -0.3 is 16.0 Å². The van der Waals surface area contributed by atoms with Crippen molar-refractivity contribution in [3.8, 4) is 0 Å². The third-order valence-corrected chi connectivity index (χ3v) is 4.71. The Morgan fingerprint density at radius 1 is 0.938 bits per heavy atom. The summed E-state index contributed by atoms with van der Waals surface area (Å²) in [4.78, 5) is 24.6. The molecule has 0 aliphatic heterocycles. The zero-order chi connectivity index (χ0) is 22.9. The Kier molecular flexibility index (Phi) is 7.55. The molecule has 8 nitrogen and oxygen atoms in total. The molecule has 0 unspecified atom stereocenters. The van der Waals surface area contributed by atoms with Gasteiger partial charge >= 0.3 is 0 Å². The molecule has 0 saturated heterocycles. The standard InChI is InChI=1S/C24H25N5O3/c1-16(30)27-21-9-5-8-19(14-21)22(24(31)26-15-17-6-3-2-4-7-17)28-20-12-10-18(11-13-20)23(25)29-32/h2-14,22,28,32H,15H2,1H3,(H2,25,29)(H,26,31)(H,27,30)/t22-/m0/s1. The van der Waals surface area contributed by atoms with E-state index in [0.717, 1.165) is 5.56 Å². The molecule has 0 spiro atoms. The summed E-state index contributed by atoms with van der Waals surface area (Å²) in [6.07, 6.45) is 0. The van der Waals surface area contributed by atoms with Crippen molar-refractivity contribution < 1.29 is 14.8 Å². The second-order valence-electron chi connectivity index (χ2n) is 7.15. The summed E-state index contributed by atoms with van der Waals surface area (Å²) >= 11 is 0. The minimum Gasteiger partial charge on any atom is -0.370 e. The van der Waals surface area contributed by atoms with Crippen LogP contribution in [0.4, 0.5) is 11.4 Å². The van der Waals surface area contributed by atoms with Crippen molar-refractivity contribution >= 4 is 29.0 Å². The third kappa shape index (κ3) is 6.16. The van der Waals surface area contributed by atoms with Gasteiger partial charge in [0.1, 0.15) is 11.9 Å². The first kappa shape index (κ1) is 22.5. The quantitative estimate of drug-likeness (QED) is 0.185. The zero-order valence-electron chi connectivity index (χ0n) is 17.6. The molecule has 1 atom stereocenters. The summed E-state index contributed by atoms with van der Waals surface area (Å²) in [6.45, 7) is 1.80. The van der Waals surface area contributed by atoms with Gasteiger partial charge in [-0.3, -0.25) is 25.7 Å². The summed E-state index contributed by atoms with van der Waals surface area (Å²) in [5, 5.41) is 25.4. The second kappa shape index (κ2) is 10.7. The highest BCUT2D eigenvalue weighted by atomic mass is 16.5. The molecule has 3 aromatic carbocycles. The van der Waals surface area contributed by atoms with E-state index in [4.69, 9.17) is 10.6 Å². The van der Waals surface area contributed by atoms with E-state index < -0.39 is 6.04 Å². The molecule has 8 heteroatoms. The predicted octanol–water partition coefficient (Wildman–Crippen LogP) is 3.42. The number of anilines is 2. The normalized spacial score (nSPS) is 11.2. The minimum atomic E-state index is -0.728. The first-order valence-electron chi connectivity index (χ1n) is 10.0. The Morgan fingerprint density at radius 3 is 2.31 bits per heavy atom. The van der Waals surface area contributed by atoms with E-state index in [2.05, 4.69) is 16.0 Å². The van der Waals surface area contributed by atoms with Gasteiger partial charge in [-0.1, -0.05) is 42.5 Å². The molecule has 2 amide bonds. The van der Waals surface area contributed by atoms with Gasteiger partial charge in [0, 0.05) is 30.4 Å². The van der Waals surface area contributed by atoms with Crippen molar-refractivity contribution in [2.24, 2.45) is 0 Å². The highest BCUT2D eigenvalue weighted by Gasteiger charge is 2.21. The van der Waals surface area contributed by atoms with Crippen LogP contribution in [0.1, 0.15) is 29.7 Å². The SMILES string of the molecule is CC(=O)Nc1cccc([C@H](Nc2ccc(C(=N)NO)cc2)C(=O)NCc2ccccc2)c1. The zero-order valence-corrected chi connectivity index (χ0v) is 17.6. The second-order valence-corrected chi connectivity index (χ2v) is 7.15. The topological polar surface area (TPSA) is 126 Å². The molecule has 0 fully saturated rings. The van der Waals surface area contributed by atoms with Crippen LogP contribution in [0.5, 0.6) is 0 Å².